The number of amides is 1. The van der Waals surface area contributed by atoms with E-state index < -0.39 is 0 Å². The van der Waals surface area contributed by atoms with E-state index in [1.165, 1.54) is 22.9 Å². The monoisotopic (exact) mass is 275 g/mol. The van der Waals surface area contributed by atoms with Crippen LogP contribution < -0.4 is 10.9 Å². The highest BCUT2D eigenvalue weighted by atomic mass is 16.5. The molecule has 0 aliphatic heterocycles. The Bertz CT molecular complexity index is 670. The summed E-state index contributed by atoms with van der Waals surface area (Å²) in [5.41, 5.74) is 0.950. The molecule has 6 heteroatoms. The van der Waals surface area contributed by atoms with E-state index in [9.17, 15) is 9.59 Å². The van der Waals surface area contributed by atoms with Gasteiger partial charge in [-0.1, -0.05) is 19.0 Å². The third kappa shape index (κ3) is 3.14. The van der Waals surface area contributed by atoms with Crippen molar-refractivity contribution in [1.29, 1.82) is 0 Å². The van der Waals surface area contributed by atoms with Crippen LogP contribution in [0.15, 0.2) is 33.7 Å². The van der Waals surface area contributed by atoms with Crippen molar-refractivity contribution < 1.29 is 9.32 Å². The highest BCUT2D eigenvalue weighted by molar-refractivity contribution is 5.93. The van der Waals surface area contributed by atoms with Crippen molar-refractivity contribution in [1.82, 2.24) is 15.0 Å². The summed E-state index contributed by atoms with van der Waals surface area (Å²) < 4.78 is 6.52. The van der Waals surface area contributed by atoms with Crippen molar-refractivity contribution in [2.24, 2.45) is 7.05 Å². The molecule has 0 atom stereocenters. The predicted octanol–water partition coefficient (Wildman–Crippen LogP) is 1.43. The summed E-state index contributed by atoms with van der Waals surface area (Å²) in [6.07, 6.45) is 1.50. The molecule has 0 radical (unpaired) electrons. The van der Waals surface area contributed by atoms with Gasteiger partial charge < -0.3 is 14.4 Å². The molecule has 106 valence electrons. The minimum atomic E-state index is -0.255. The van der Waals surface area contributed by atoms with Gasteiger partial charge in [0.2, 0.25) is 5.56 Å². The zero-order valence-electron chi connectivity index (χ0n) is 11.7. The van der Waals surface area contributed by atoms with Gasteiger partial charge in [-0.3, -0.25) is 9.59 Å². The van der Waals surface area contributed by atoms with Crippen molar-refractivity contribution in [3.63, 3.8) is 0 Å². The first-order valence-corrected chi connectivity index (χ1v) is 6.37. The smallest absolute Gasteiger partial charge is 0.253 e. The number of hydrogen-bond donors (Lipinski definition) is 1. The van der Waals surface area contributed by atoms with Crippen LogP contribution in [-0.4, -0.2) is 15.6 Å². The molecule has 6 nitrogen and oxygen atoms in total. The van der Waals surface area contributed by atoms with Crippen LogP contribution >= 0.6 is 0 Å². The Hall–Kier alpha value is -2.37. The summed E-state index contributed by atoms with van der Waals surface area (Å²) in [6, 6.07) is 4.69. The molecule has 0 aliphatic rings. The number of pyridine rings is 1. The SMILES string of the molecule is CC(C)c1cc(CNC(=O)c2ccc(=O)n(C)c2)no1. The van der Waals surface area contributed by atoms with E-state index in [-0.39, 0.29) is 23.9 Å². The van der Waals surface area contributed by atoms with E-state index in [0.717, 1.165) is 5.76 Å². The molecule has 2 aromatic rings. The van der Waals surface area contributed by atoms with Crippen molar-refractivity contribution in [3.05, 3.63) is 51.8 Å². The number of rotatable bonds is 4. The van der Waals surface area contributed by atoms with Crippen LogP contribution in [0.1, 0.15) is 41.6 Å². The van der Waals surface area contributed by atoms with E-state index >= 15 is 0 Å². The zero-order valence-corrected chi connectivity index (χ0v) is 11.7. The van der Waals surface area contributed by atoms with Gasteiger partial charge in [-0.25, -0.2) is 0 Å². The van der Waals surface area contributed by atoms with Gasteiger partial charge in [-0.05, 0) is 6.07 Å². The predicted molar refractivity (Wildman–Crippen MR) is 73.4 cm³/mol. The Morgan fingerprint density at radius 1 is 1.45 bits per heavy atom. The van der Waals surface area contributed by atoms with Gasteiger partial charge in [0.1, 0.15) is 11.5 Å². The first-order valence-electron chi connectivity index (χ1n) is 6.37. The van der Waals surface area contributed by atoms with Crippen LogP contribution in [-0.2, 0) is 13.6 Å². The number of aryl methyl sites for hydroxylation is 1. The largest absolute Gasteiger partial charge is 0.361 e. The van der Waals surface area contributed by atoms with Crippen LogP contribution in [0.25, 0.3) is 0 Å². The second-order valence-corrected chi connectivity index (χ2v) is 4.92. The Balaban J connectivity index is 2.00. The van der Waals surface area contributed by atoms with Crippen LogP contribution in [0.3, 0.4) is 0 Å². The van der Waals surface area contributed by atoms with Crippen LogP contribution in [0.5, 0.6) is 0 Å². The standard InChI is InChI=1S/C14H17N3O3/c1-9(2)12-6-11(16-20-12)7-15-14(19)10-4-5-13(18)17(3)8-10/h4-6,8-9H,7H2,1-3H3,(H,15,19). The Kier molecular flexibility index (Phi) is 4.02. The van der Waals surface area contributed by atoms with Gasteiger partial charge in [-0.2, -0.15) is 0 Å². The fourth-order valence-corrected chi connectivity index (χ4v) is 1.68. The van der Waals surface area contributed by atoms with Gasteiger partial charge in [0, 0.05) is 31.3 Å². The minimum Gasteiger partial charge on any atom is -0.361 e. The second-order valence-electron chi connectivity index (χ2n) is 4.92. The van der Waals surface area contributed by atoms with Crippen LogP contribution in [0.4, 0.5) is 0 Å². The van der Waals surface area contributed by atoms with Crippen LogP contribution in [0.2, 0.25) is 0 Å². The number of aromatic nitrogens is 2. The zero-order chi connectivity index (χ0) is 14.7. The van der Waals surface area contributed by atoms with Gasteiger partial charge in [0.05, 0.1) is 12.1 Å². The lowest BCUT2D eigenvalue weighted by Gasteiger charge is -2.04. The van der Waals surface area contributed by atoms with E-state index in [1.807, 2.05) is 19.9 Å². The summed E-state index contributed by atoms with van der Waals surface area (Å²) in [5.74, 6) is 0.793. The average Bonchev–Trinajstić information content (AvgIpc) is 2.88. The molecule has 0 saturated heterocycles. The first kappa shape index (κ1) is 14.0. The molecule has 2 heterocycles. The molecule has 0 unspecified atom stereocenters. The fourth-order valence-electron chi connectivity index (χ4n) is 1.68. The lowest BCUT2D eigenvalue weighted by atomic mass is 10.1. The molecule has 0 bridgehead atoms. The molecular weight excluding hydrogens is 258 g/mol. The highest BCUT2D eigenvalue weighted by Crippen LogP contribution is 2.14. The third-order valence-corrected chi connectivity index (χ3v) is 2.92. The lowest BCUT2D eigenvalue weighted by Crippen LogP contribution is -2.25. The molecule has 0 spiro atoms. The van der Waals surface area contributed by atoms with E-state index in [0.29, 0.717) is 11.3 Å². The number of hydrogen-bond acceptors (Lipinski definition) is 4. The molecule has 0 aliphatic carbocycles. The molecule has 2 aromatic heterocycles. The maximum atomic E-state index is 11.9. The average molecular weight is 275 g/mol. The lowest BCUT2D eigenvalue weighted by molar-refractivity contribution is 0.0949. The van der Waals surface area contributed by atoms with Gasteiger partial charge in [0.25, 0.3) is 5.91 Å². The number of nitrogens with one attached hydrogen (secondary N) is 1. The van der Waals surface area contributed by atoms with E-state index in [1.54, 1.807) is 7.05 Å². The van der Waals surface area contributed by atoms with Crippen molar-refractivity contribution in [3.8, 4) is 0 Å². The maximum Gasteiger partial charge on any atom is 0.253 e. The normalized spacial score (nSPS) is 10.8. The summed E-state index contributed by atoms with van der Waals surface area (Å²) >= 11 is 0. The van der Waals surface area contributed by atoms with E-state index in [2.05, 4.69) is 10.5 Å². The van der Waals surface area contributed by atoms with Gasteiger partial charge in [-0.15, -0.1) is 0 Å². The molecule has 2 rings (SSSR count). The molecule has 1 N–H and O–H groups in total. The Labute approximate surface area is 116 Å². The molecule has 20 heavy (non-hydrogen) atoms. The first-order chi connectivity index (χ1) is 9.47. The molecule has 0 fully saturated rings. The highest BCUT2D eigenvalue weighted by Gasteiger charge is 2.10. The van der Waals surface area contributed by atoms with Crippen molar-refractivity contribution >= 4 is 5.91 Å². The summed E-state index contributed by atoms with van der Waals surface area (Å²) in [7, 11) is 1.60. The number of nitrogens with zero attached hydrogens (tertiary/aromatic N) is 2. The number of carbonyl (C=O) groups is 1. The van der Waals surface area contributed by atoms with Crippen molar-refractivity contribution in [2.45, 2.75) is 26.3 Å². The Morgan fingerprint density at radius 3 is 2.80 bits per heavy atom. The quantitative estimate of drug-likeness (QED) is 0.915. The summed E-state index contributed by atoms with van der Waals surface area (Å²) in [6.45, 7) is 4.30. The Morgan fingerprint density at radius 2 is 2.20 bits per heavy atom. The van der Waals surface area contributed by atoms with Gasteiger partial charge in [0.15, 0.2) is 0 Å². The fraction of sp³-hybridized carbons (Fsp3) is 0.357. The third-order valence-electron chi connectivity index (χ3n) is 2.92. The summed E-state index contributed by atoms with van der Waals surface area (Å²) in [4.78, 5) is 23.2. The van der Waals surface area contributed by atoms with Crippen molar-refractivity contribution in [2.75, 3.05) is 0 Å². The van der Waals surface area contributed by atoms with E-state index in [4.69, 9.17) is 4.52 Å². The maximum absolute atomic E-state index is 11.9. The molecule has 0 aromatic carbocycles. The minimum absolute atomic E-state index is 0.153. The molecular formula is C14H17N3O3. The second kappa shape index (κ2) is 5.73. The van der Waals surface area contributed by atoms with Gasteiger partial charge >= 0.3 is 0 Å². The summed E-state index contributed by atoms with van der Waals surface area (Å²) in [5, 5.41) is 6.63. The number of carbonyl (C=O) groups excluding carboxylic acids is 1. The molecule has 0 saturated carbocycles. The van der Waals surface area contributed by atoms with Crippen LogP contribution in [0, 0.1) is 0 Å². The topological polar surface area (TPSA) is 77.1 Å². The molecule has 1 amide bonds.